The first kappa shape index (κ1) is 15.9. The molecule has 3 heterocycles. The molecule has 1 aromatic carbocycles. The van der Waals surface area contributed by atoms with Gasteiger partial charge in [0.05, 0.1) is 0 Å². The van der Waals surface area contributed by atoms with Gasteiger partial charge >= 0.3 is 0 Å². The van der Waals surface area contributed by atoms with Crippen LogP contribution in [0.3, 0.4) is 0 Å². The van der Waals surface area contributed by atoms with Gasteiger partial charge in [-0.2, -0.15) is 4.98 Å². The van der Waals surface area contributed by atoms with Crippen LogP contribution in [-0.4, -0.2) is 46.2 Å². The number of carbonyl (C=O) groups is 1. The molecule has 0 saturated carbocycles. The predicted molar refractivity (Wildman–Crippen MR) is 88.5 cm³/mol. The summed E-state index contributed by atoms with van der Waals surface area (Å²) in [6, 6.07) is 7.44. The van der Waals surface area contributed by atoms with Crippen molar-refractivity contribution in [3.63, 3.8) is 0 Å². The SMILES string of the molecule is Cc1noc(C2CCN(C(=O)[C@@H]3Oc4ccccc4O[C@@H]3C)CC2)n1. The second-order valence-corrected chi connectivity index (χ2v) is 6.59. The molecule has 7 heteroatoms. The summed E-state index contributed by atoms with van der Waals surface area (Å²) < 4.78 is 17.0. The molecule has 0 radical (unpaired) electrons. The highest BCUT2D eigenvalue weighted by atomic mass is 16.6. The first-order valence-corrected chi connectivity index (χ1v) is 8.63. The molecule has 2 aromatic rings. The van der Waals surface area contributed by atoms with Gasteiger partial charge < -0.3 is 18.9 Å². The number of carbonyl (C=O) groups excluding carboxylic acids is 1. The number of aromatic nitrogens is 2. The lowest BCUT2D eigenvalue weighted by atomic mass is 9.96. The second-order valence-electron chi connectivity index (χ2n) is 6.59. The van der Waals surface area contributed by atoms with Crippen molar-refractivity contribution < 1.29 is 18.8 Å². The highest BCUT2D eigenvalue weighted by molar-refractivity contribution is 5.82. The van der Waals surface area contributed by atoms with Crippen LogP contribution in [0, 0.1) is 6.92 Å². The van der Waals surface area contributed by atoms with Gasteiger partial charge in [0, 0.05) is 19.0 Å². The summed E-state index contributed by atoms with van der Waals surface area (Å²) in [7, 11) is 0. The second kappa shape index (κ2) is 6.38. The molecule has 1 saturated heterocycles. The van der Waals surface area contributed by atoms with E-state index in [0.717, 1.165) is 12.8 Å². The van der Waals surface area contributed by atoms with Gasteiger partial charge in [-0.1, -0.05) is 17.3 Å². The van der Waals surface area contributed by atoms with Crippen molar-refractivity contribution in [1.29, 1.82) is 0 Å². The Morgan fingerprint density at radius 1 is 1.16 bits per heavy atom. The van der Waals surface area contributed by atoms with E-state index in [4.69, 9.17) is 14.0 Å². The summed E-state index contributed by atoms with van der Waals surface area (Å²) in [5.41, 5.74) is 0. The molecular weight excluding hydrogens is 322 g/mol. The van der Waals surface area contributed by atoms with Crippen LogP contribution in [0.15, 0.2) is 28.8 Å². The van der Waals surface area contributed by atoms with E-state index in [0.29, 0.717) is 36.3 Å². The van der Waals surface area contributed by atoms with Crippen molar-refractivity contribution in [3.8, 4) is 11.5 Å². The van der Waals surface area contributed by atoms with Crippen molar-refractivity contribution in [1.82, 2.24) is 15.0 Å². The van der Waals surface area contributed by atoms with Gasteiger partial charge in [0.2, 0.25) is 12.0 Å². The van der Waals surface area contributed by atoms with Gasteiger partial charge in [0.1, 0.15) is 6.10 Å². The molecule has 2 aliphatic heterocycles. The number of hydrogen-bond donors (Lipinski definition) is 0. The fraction of sp³-hybridized carbons (Fsp3) is 0.500. The Morgan fingerprint density at radius 2 is 1.84 bits per heavy atom. The number of para-hydroxylation sites is 2. The average Bonchev–Trinajstić information content (AvgIpc) is 3.07. The number of likely N-dealkylation sites (tertiary alicyclic amines) is 1. The Hall–Kier alpha value is -2.57. The van der Waals surface area contributed by atoms with Gasteiger partial charge in [-0.15, -0.1) is 0 Å². The molecule has 0 bridgehead atoms. The third-order valence-electron chi connectivity index (χ3n) is 4.78. The molecule has 2 atom stereocenters. The molecule has 25 heavy (non-hydrogen) atoms. The number of hydrogen-bond acceptors (Lipinski definition) is 6. The van der Waals surface area contributed by atoms with Crippen molar-refractivity contribution >= 4 is 5.91 Å². The first-order valence-electron chi connectivity index (χ1n) is 8.63. The standard InChI is InChI=1S/C18H21N3O4/c1-11-16(24-15-6-4-3-5-14(15)23-11)18(22)21-9-7-13(8-10-21)17-19-12(2)20-25-17/h3-6,11,13,16H,7-10H2,1-2H3/t11-,16-/m1/s1. The van der Waals surface area contributed by atoms with Crippen LogP contribution in [-0.2, 0) is 4.79 Å². The number of piperidine rings is 1. The van der Waals surface area contributed by atoms with Crippen LogP contribution in [0.4, 0.5) is 0 Å². The van der Waals surface area contributed by atoms with E-state index in [-0.39, 0.29) is 17.9 Å². The number of benzene rings is 1. The van der Waals surface area contributed by atoms with Gasteiger partial charge in [-0.05, 0) is 38.8 Å². The minimum atomic E-state index is -0.614. The zero-order valence-corrected chi connectivity index (χ0v) is 14.3. The molecule has 0 aliphatic carbocycles. The van der Waals surface area contributed by atoms with E-state index in [1.54, 1.807) is 0 Å². The van der Waals surface area contributed by atoms with Crippen molar-refractivity contribution in [2.24, 2.45) is 0 Å². The molecule has 1 amide bonds. The Labute approximate surface area is 145 Å². The third-order valence-corrected chi connectivity index (χ3v) is 4.78. The van der Waals surface area contributed by atoms with E-state index >= 15 is 0 Å². The van der Waals surface area contributed by atoms with E-state index < -0.39 is 6.10 Å². The number of rotatable bonds is 2. The van der Waals surface area contributed by atoms with Crippen LogP contribution < -0.4 is 9.47 Å². The normalized spacial score (nSPS) is 23.5. The molecule has 0 N–H and O–H groups in total. The minimum absolute atomic E-state index is 0.0258. The van der Waals surface area contributed by atoms with Gasteiger partial charge in [0.25, 0.3) is 5.91 Å². The summed E-state index contributed by atoms with van der Waals surface area (Å²) in [6.45, 7) is 4.98. The quantitative estimate of drug-likeness (QED) is 0.833. The highest BCUT2D eigenvalue weighted by Crippen LogP contribution is 2.34. The predicted octanol–water partition coefficient (Wildman–Crippen LogP) is 2.31. The fourth-order valence-corrected chi connectivity index (χ4v) is 3.40. The Bertz CT molecular complexity index is 767. The molecule has 132 valence electrons. The number of ether oxygens (including phenoxy) is 2. The van der Waals surface area contributed by atoms with Crippen LogP contribution in [0.2, 0.25) is 0 Å². The van der Waals surface area contributed by atoms with Crippen molar-refractivity contribution in [3.05, 3.63) is 36.0 Å². The monoisotopic (exact) mass is 343 g/mol. The highest BCUT2D eigenvalue weighted by Gasteiger charge is 2.38. The molecule has 1 aromatic heterocycles. The van der Waals surface area contributed by atoms with Gasteiger partial charge in [0.15, 0.2) is 17.3 Å². The summed E-state index contributed by atoms with van der Waals surface area (Å²) in [4.78, 5) is 19.0. The van der Waals surface area contributed by atoms with Crippen LogP contribution >= 0.6 is 0 Å². The van der Waals surface area contributed by atoms with Crippen molar-refractivity contribution in [2.45, 2.75) is 44.8 Å². The fourth-order valence-electron chi connectivity index (χ4n) is 3.40. The largest absolute Gasteiger partial charge is 0.482 e. The Morgan fingerprint density at radius 3 is 2.48 bits per heavy atom. The molecule has 1 fully saturated rings. The van der Waals surface area contributed by atoms with Gasteiger partial charge in [-0.25, -0.2) is 0 Å². The molecular formula is C18H21N3O4. The summed E-state index contributed by atoms with van der Waals surface area (Å²) in [5, 5.41) is 3.85. The third kappa shape index (κ3) is 3.06. The Kier molecular flexibility index (Phi) is 4.07. The van der Waals surface area contributed by atoms with Gasteiger partial charge in [-0.3, -0.25) is 4.79 Å². The Balaban J connectivity index is 1.41. The van der Waals surface area contributed by atoms with Crippen molar-refractivity contribution in [2.75, 3.05) is 13.1 Å². The van der Waals surface area contributed by atoms with Crippen LogP contribution in [0.25, 0.3) is 0 Å². The van der Waals surface area contributed by atoms with E-state index in [9.17, 15) is 4.79 Å². The lowest BCUT2D eigenvalue weighted by molar-refractivity contribution is -0.145. The van der Waals surface area contributed by atoms with E-state index in [2.05, 4.69) is 10.1 Å². The average molecular weight is 343 g/mol. The zero-order chi connectivity index (χ0) is 17.4. The topological polar surface area (TPSA) is 77.7 Å². The maximum Gasteiger partial charge on any atom is 0.267 e. The molecule has 7 nitrogen and oxygen atoms in total. The van der Waals surface area contributed by atoms with Crippen LogP contribution in [0.5, 0.6) is 11.5 Å². The maximum absolute atomic E-state index is 12.9. The molecule has 0 unspecified atom stereocenters. The number of nitrogens with zero attached hydrogens (tertiary/aromatic N) is 3. The first-order chi connectivity index (χ1) is 12.1. The minimum Gasteiger partial charge on any atom is -0.482 e. The molecule has 2 aliphatic rings. The number of amides is 1. The van der Waals surface area contributed by atoms with E-state index in [1.807, 2.05) is 43.0 Å². The zero-order valence-electron chi connectivity index (χ0n) is 14.3. The molecule has 4 rings (SSSR count). The summed E-state index contributed by atoms with van der Waals surface area (Å²) in [6.07, 6.45) is 0.688. The van der Waals surface area contributed by atoms with Crippen LogP contribution in [0.1, 0.15) is 37.4 Å². The number of fused-ring (bicyclic) bond motifs is 1. The maximum atomic E-state index is 12.9. The lowest BCUT2D eigenvalue weighted by Crippen LogP contribution is -2.52. The number of aryl methyl sites for hydroxylation is 1. The lowest BCUT2D eigenvalue weighted by Gasteiger charge is -2.37. The summed E-state index contributed by atoms with van der Waals surface area (Å²) >= 11 is 0. The van der Waals surface area contributed by atoms with E-state index in [1.165, 1.54) is 0 Å². The molecule has 0 spiro atoms. The smallest absolute Gasteiger partial charge is 0.267 e. The summed E-state index contributed by atoms with van der Waals surface area (Å²) in [5.74, 6) is 2.81.